The van der Waals surface area contributed by atoms with Crippen molar-refractivity contribution in [2.24, 2.45) is 12.8 Å². The molecule has 1 aromatic carbocycles. The molecular weight excluding hydrogens is 206 g/mol. The second-order valence-electron chi connectivity index (χ2n) is 3.54. The van der Waals surface area contributed by atoms with Crippen LogP contribution in [0, 0.1) is 0 Å². The van der Waals surface area contributed by atoms with Crippen molar-refractivity contribution in [2.45, 2.75) is 6.54 Å². The van der Waals surface area contributed by atoms with Crippen LogP contribution in [0.5, 0.6) is 0 Å². The molecule has 0 radical (unpaired) electrons. The van der Waals surface area contributed by atoms with Gasteiger partial charge in [-0.05, 0) is 6.07 Å². The summed E-state index contributed by atoms with van der Waals surface area (Å²) in [6, 6.07) is 8.36. The Kier molecular flexibility index (Phi) is 1.81. The number of thiazole rings is 1. The van der Waals surface area contributed by atoms with Crippen LogP contribution in [0.15, 0.2) is 24.3 Å². The molecule has 0 saturated carbocycles. The Balaban J connectivity index is 2.51. The van der Waals surface area contributed by atoms with Crippen molar-refractivity contribution in [1.82, 2.24) is 9.55 Å². The van der Waals surface area contributed by atoms with Crippen molar-refractivity contribution in [3.05, 3.63) is 29.3 Å². The van der Waals surface area contributed by atoms with E-state index in [4.69, 9.17) is 5.73 Å². The highest BCUT2D eigenvalue weighted by molar-refractivity contribution is 7.19. The number of benzene rings is 1. The summed E-state index contributed by atoms with van der Waals surface area (Å²) in [6.45, 7) is 0.522. The zero-order chi connectivity index (χ0) is 10.4. The Bertz CT molecular complexity index is 636. The average molecular weight is 217 g/mol. The third-order valence-corrected chi connectivity index (χ3v) is 3.76. The van der Waals surface area contributed by atoms with Crippen LogP contribution in [-0.4, -0.2) is 9.55 Å². The Labute approximate surface area is 91.1 Å². The maximum atomic E-state index is 5.61. The van der Waals surface area contributed by atoms with Crippen LogP contribution < -0.4 is 5.73 Å². The van der Waals surface area contributed by atoms with E-state index in [1.807, 2.05) is 7.05 Å². The number of para-hydroxylation sites is 1. The van der Waals surface area contributed by atoms with E-state index in [0.29, 0.717) is 6.54 Å². The molecule has 3 aromatic rings. The van der Waals surface area contributed by atoms with E-state index >= 15 is 0 Å². The van der Waals surface area contributed by atoms with Gasteiger partial charge in [-0.3, -0.25) is 0 Å². The zero-order valence-electron chi connectivity index (χ0n) is 8.40. The van der Waals surface area contributed by atoms with Crippen LogP contribution in [0.3, 0.4) is 0 Å². The van der Waals surface area contributed by atoms with Gasteiger partial charge in [0.25, 0.3) is 0 Å². The van der Waals surface area contributed by atoms with Gasteiger partial charge < -0.3 is 10.3 Å². The summed E-state index contributed by atoms with van der Waals surface area (Å²) in [5, 5.41) is 2.27. The van der Waals surface area contributed by atoms with Crippen LogP contribution >= 0.6 is 11.3 Å². The summed E-state index contributed by atoms with van der Waals surface area (Å²) in [4.78, 5) is 4.52. The summed E-state index contributed by atoms with van der Waals surface area (Å²) in [5.74, 6) is 0. The molecule has 3 nitrogen and oxygen atoms in total. The molecule has 2 aromatic heterocycles. The number of nitrogens with two attached hydrogens (primary N) is 1. The van der Waals surface area contributed by atoms with Gasteiger partial charge in [-0.1, -0.05) is 18.2 Å². The molecule has 0 saturated heterocycles. The average Bonchev–Trinajstić information content (AvgIpc) is 2.80. The number of rotatable bonds is 1. The molecule has 4 heteroatoms. The lowest BCUT2D eigenvalue weighted by Gasteiger charge is -1.95. The van der Waals surface area contributed by atoms with Crippen molar-refractivity contribution in [3.63, 3.8) is 0 Å². The van der Waals surface area contributed by atoms with Crippen LogP contribution in [0.25, 0.3) is 21.3 Å². The highest BCUT2D eigenvalue weighted by atomic mass is 32.1. The maximum absolute atomic E-state index is 5.61. The largest absolute Gasteiger partial charge is 0.328 e. The first-order valence-electron chi connectivity index (χ1n) is 4.84. The van der Waals surface area contributed by atoms with Crippen LogP contribution in [0.2, 0.25) is 0 Å². The summed E-state index contributed by atoms with van der Waals surface area (Å²) in [7, 11) is 2.05. The molecule has 76 valence electrons. The fourth-order valence-corrected chi connectivity index (χ4v) is 2.92. The van der Waals surface area contributed by atoms with Gasteiger partial charge in [0.1, 0.15) is 5.01 Å². The Morgan fingerprint density at radius 3 is 3.00 bits per heavy atom. The predicted octanol–water partition coefficient (Wildman–Crippen LogP) is 2.25. The number of hydrogen-bond acceptors (Lipinski definition) is 3. The molecule has 2 N–H and O–H groups in total. The highest BCUT2D eigenvalue weighted by Gasteiger charge is 2.11. The quantitative estimate of drug-likeness (QED) is 0.679. The van der Waals surface area contributed by atoms with Crippen LogP contribution in [0.1, 0.15) is 5.01 Å². The second kappa shape index (κ2) is 3.05. The summed E-state index contributed by atoms with van der Waals surface area (Å²) < 4.78 is 3.37. The predicted molar refractivity (Wildman–Crippen MR) is 64.0 cm³/mol. The number of aryl methyl sites for hydroxylation is 1. The first kappa shape index (κ1) is 8.88. The molecule has 2 heterocycles. The zero-order valence-corrected chi connectivity index (χ0v) is 9.21. The molecule has 0 fully saturated rings. The van der Waals surface area contributed by atoms with Crippen molar-refractivity contribution < 1.29 is 0 Å². The van der Waals surface area contributed by atoms with E-state index < -0.39 is 0 Å². The third-order valence-electron chi connectivity index (χ3n) is 2.66. The first-order chi connectivity index (χ1) is 7.31. The van der Waals surface area contributed by atoms with Crippen molar-refractivity contribution in [1.29, 1.82) is 0 Å². The van der Waals surface area contributed by atoms with E-state index in [9.17, 15) is 0 Å². The van der Waals surface area contributed by atoms with Gasteiger partial charge in [0, 0.05) is 19.0 Å². The molecule has 0 aliphatic rings. The standard InChI is InChI=1S/C11H11N3S/c1-14-8-5-3-2-4-7(8)10-11(14)13-9(6-12)15-10/h2-5H,6,12H2,1H3. The van der Waals surface area contributed by atoms with Gasteiger partial charge in [-0.2, -0.15) is 0 Å². The number of nitrogens with zero attached hydrogens (tertiary/aromatic N) is 2. The van der Waals surface area contributed by atoms with Gasteiger partial charge in [-0.15, -0.1) is 11.3 Å². The second-order valence-corrected chi connectivity index (χ2v) is 4.62. The monoisotopic (exact) mass is 217 g/mol. The molecule has 0 amide bonds. The number of hydrogen-bond donors (Lipinski definition) is 1. The van der Waals surface area contributed by atoms with Gasteiger partial charge in [0.15, 0.2) is 5.65 Å². The third kappa shape index (κ3) is 1.12. The van der Waals surface area contributed by atoms with E-state index in [-0.39, 0.29) is 0 Å². The van der Waals surface area contributed by atoms with E-state index in [0.717, 1.165) is 10.7 Å². The van der Waals surface area contributed by atoms with Crippen LogP contribution in [-0.2, 0) is 13.6 Å². The molecule has 0 unspecified atom stereocenters. The minimum Gasteiger partial charge on any atom is -0.328 e. The lowest BCUT2D eigenvalue weighted by atomic mass is 10.2. The number of fused-ring (bicyclic) bond motifs is 3. The van der Waals surface area contributed by atoms with Gasteiger partial charge >= 0.3 is 0 Å². The Morgan fingerprint density at radius 1 is 1.40 bits per heavy atom. The minimum absolute atomic E-state index is 0.522. The normalized spacial score (nSPS) is 11.6. The fourth-order valence-electron chi connectivity index (χ4n) is 1.92. The smallest absolute Gasteiger partial charge is 0.152 e. The molecule has 0 atom stereocenters. The van der Waals surface area contributed by atoms with Crippen molar-refractivity contribution in [3.8, 4) is 0 Å². The van der Waals surface area contributed by atoms with Crippen molar-refractivity contribution in [2.75, 3.05) is 0 Å². The molecule has 0 aliphatic heterocycles. The first-order valence-corrected chi connectivity index (χ1v) is 5.66. The molecule has 3 rings (SSSR count). The van der Waals surface area contributed by atoms with E-state index in [1.54, 1.807) is 11.3 Å². The summed E-state index contributed by atoms with van der Waals surface area (Å²) >= 11 is 1.69. The van der Waals surface area contributed by atoms with E-state index in [2.05, 4.69) is 33.8 Å². The molecule has 15 heavy (non-hydrogen) atoms. The van der Waals surface area contributed by atoms with Gasteiger partial charge in [0.05, 0.1) is 10.2 Å². The Morgan fingerprint density at radius 2 is 2.20 bits per heavy atom. The molecule has 0 bridgehead atoms. The lowest BCUT2D eigenvalue weighted by Crippen LogP contribution is -1.95. The van der Waals surface area contributed by atoms with Gasteiger partial charge in [-0.25, -0.2) is 4.98 Å². The highest BCUT2D eigenvalue weighted by Crippen LogP contribution is 2.32. The minimum atomic E-state index is 0.522. The topological polar surface area (TPSA) is 43.8 Å². The summed E-state index contributed by atoms with van der Waals surface area (Å²) in [5.41, 5.74) is 7.88. The SMILES string of the molecule is Cn1c2ccccc2c2sc(CN)nc21. The van der Waals surface area contributed by atoms with Gasteiger partial charge in [0.2, 0.25) is 0 Å². The molecular formula is C11H11N3S. The Hall–Kier alpha value is -1.39. The van der Waals surface area contributed by atoms with Crippen molar-refractivity contribution >= 4 is 32.6 Å². The summed E-state index contributed by atoms with van der Waals surface area (Å²) in [6.07, 6.45) is 0. The molecule has 0 spiro atoms. The lowest BCUT2D eigenvalue weighted by molar-refractivity contribution is 0.970. The maximum Gasteiger partial charge on any atom is 0.152 e. The van der Waals surface area contributed by atoms with E-state index in [1.165, 1.54) is 15.6 Å². The fraction of sp³-hybridized carbons (Fsp3) is 0.182. The van der Waals surface area contributed by atoms with Crippen LogP contribution in [0.4, 0.5) is 0 Å². The molecule has 0 aliphatic carbocycles. The number of aromatic nitrogens is 2.